The second kappa shape index (κ2) is 8.43. The fourth-order valence-electron chi connectivity index (χ4n) is 3.02. The van der Waals surface area contributed by atoms with Crippen LogP contribution >= 0.6 is 11.8 Å². The van der Waals surface area contributed by atoms with Gasteiger partial charge >= 0.3 is 0 Å². The van der Waals surface area contributed by atoms with Crippen LogP contribution in [0, 0.1) is 0 Å². The number of thioether (sulfide) groups is 1. The van der Waals surface area contributed by atoms with Gasteiger partial charge < -0.3 is 23.8 Å². The molecule has 0 saturated carbocycles. The second-order valence-electron chi connectivity index (χ2n) is 5.97. The predicted molar refractivity (Wildman–Crippen MR) is 105 cm³/mol. The molecule has 1 unspecified atom stereocenters. The first-order chi connectivity index (χ1) is 13.1. The molecule has 1 saturated heterocycles. The number of carbonyl (C=O) groups excluding carboxylic acids is 1. The predicted octanol–water partition coefficient (Wildman–Crippen LogP) is 3.61. The van der Waals surface area contributed by atoms with Crippen molar-refractivity contribution in [2.75, 3.05) is 40.7 Å². The molecule has 0 radical (unpaired) electrons. The van der Waals surface area contributed by atoms with Crippen LogP contribution in [0.5, 0.6) is 23.0 Å². The van der Waals surface area contributed by atoms with Gasteiger partial charge in [0.05, 0.1) is 28.4 Å². The lowest BCUT2D eigenvalue weighted by atomic mass is 10.1. The van der Waals surface area contributed by atoms with Gasteiger partial charge in [-0.25, -0.2) is 0 Å². The molecule has 0 N–H and O–H groups in total. The van der Waals surface area contributed by atoms with Crippen molar-refractivity contribution >= 4 is 17.7 Å². The molecule has 1 atom stereocenters. The minimum Gasteiger partial charge on any atom is -0.497 e. The summed E-state index contributed by atoms with van der Waals surface area (Å²) in [6.45, 7) is 0.660. The van der Waals surface area contributed by atoms with Gasteiger partial charge in [0.2, 0.25) is 0 Å². The molecule has 6 nitrogen and oxygen atoms in total. The lowest BCUT2D eigenvalue weighted by Gasteiger charge is -2.25. The summed E-state index contributed by atoms with van der Waals surface area (Å²) < 4.78 is 21.3. The number of ether oxygens (including phenoxy) is 4. The van der Waals surface area contributed by atoms with Crippen LogP contribution in [0.4, 0.5) is 0 Å². The van der Waals surface area contributed by atoms with Gasteiger partial charge in [0.25, 0.3) is 5.91 Å². The molecule has 0 aliphatic carbocycles. The molecular weight excluding hydrogens is 366 g/mol. The largest absolute Gasteiger partial charge is 0.497 e. The van der Waals surface area contributed by atoms with Crippen LogP contribution < -0.4 is 18.9 Å². The smallest absolute Gasteiger partial charge is 0.255 e. The number of carbonyl (C=O) groups is 1. The van der Waals surface area contributed by atoms with Crippen LogP contribution in [-0.2, 0) is 0 Å². The highest BCUT2D eigenvalue weighted by molar-refractivity contribution is 7.99. The number of methoxy groups -OCH3 is 4. The molecule has 1 aliphatic rings. The van der Waals surface area contributed by atoms with Crippen molar-refractivity contribution in [2.24, 2.45) is 0 Å². The summed E-state index contributed by atoms with van der Waals surface area (Å²) in [5.41, 5.74) is 1.51. The summed E-state index contributed by atoms with van der Waals surface area (Å²) >= 11 is 1.72. The lowest BCUT2D eigenvalue weighted by Crippen LogP contribution is -2.30. The third kappa shape index (κ3) is 4.08. The Kier molecular flexibility index (Phi) is 6.01. The van der Waals surface area contributed by atoms with Crippen molar-refractivity contribution in [3.8, 4) is 23.0 Å². The molecule has 0 bridgehead atoms. The third-order valence-corrected chi connectivity index (χ3v) is 5.67. The maximum absolute atomic E-state index is 13.2. The summed E-state index contributed by atoms with van der Waals surface area (Å²) in [7, 11) is 6.37. The highest BCUT2D eigenvalue weighted by Gasteiger charge is 2.32. The maximum Gasteiger partial charge on any atom is 0.255 e. The number of benzene rings is 2. The summed E-state index contributed by atoms with van der Waals surface area (Å²) in [5, 5.41) is -0.112. The van der Waals surface area contributed by atoms with Gasteiger partial charge in [-0.1, -0.05) is 0 Å². The van der Waals surface area contributed by atoms with E-state index < -0.39 is 0 Å². The Morgan fingerprint density at radius 1 is 0.852 bits per heavy atom. The normalized spacial score (nSPS) is 16.1. The molecule has 3 rings (SSSR count). The number of hydrogen-bond donors (Lipinski definition) is 0. The monoisotopic (exact) mass is 389 g/mol. The van der Waals surface area contributed by atoms with Crippen molar-refractivity contribution in [3.05, 3.63) is 47.5 Å². The third-order valence-electron chi connectivity index (χ3n) is 4.41. The molecular formula is C20H23NO5S. The quantitative estimate of drug-likeness (QED) is 0.752. The van der Waals surface area contributed by atoms with Gasteiger partial charge in [-0.2, -0.15) is 0 Å². The Hall–Kier alpha value is -2.54. The summed E-state index contributed by atoms with van der Waals surface area (Å²) in [5.74, 6) is 3.37. The molecule has 2 aromatic rings. The number of amides is 1. The van der Waals surface area contributed by atoms with E-state index in [2.05, 4.69) is 0 Å². The molecule has 27 heavy (non-hydrogen) atoms. The van der Waals surface area contributed by atoms with Gasteiger partial charge in [-0.05, 0) is 29.8 Å². The number of rotatable bonds is 6. The van der Waals surface area contributed by atoms with Crippen LogP contribution in [0.2, 0.25) is 0 Å². The van der Waals surface area contributed by atoms with E-state index in [0.29, 0.717) is 35.1 Å². The van der Waals surface area contributed by atoms with Crippen molar-refractivity contribution < 1.29 is 23.7 Å². The van der Waals surface area contributed by atoms with Crippen LogP contribution in [0.3, 0.4) is 0 Å². The van der Waals surface area contributed by atoms with Crippen molar-refractivity contribution in [3.63, 3.8) is 0 Å². The van der Waals surface area contributed by atoms with Gasteiger partial charge in [-0.3, -0.25) is 4.79 Å². The minimum atomic E-state index is -0.112. The van der Waals surface area contributed by atoms with E-state index >= 15 is 0 Å². The molecule has 1 heterocycles. The topological polar surface area (TPSA) is 57.2 Å². The summed E-state index contributed by atoms with van der Waals surface area (Å²) in [6.07, 6.45) is 0. The Labute approximate surface area is 163 Å². The van der Waals surface area contributed by atoms with E-state index in [9.17, 15) is 4.79 Å². The Bertz CT molecular complexity index is 782. The number of hydrogen-bond acceptors (Lipinski definition) is 6. The zero-order chi connectivity index (χ0) is 19.4. The first-order valence-corrected chi connectivity index (χ1v) is 9.53. The average Bonchev–Trinajstić information content (AvgIpc) is 3.22. The van der Waals surface area contributed by atoms with Gasteiger partial charge in [0.15, 0.2) is 0 Å². The Morgan fingerprint density at radius 2 is 1.33 bits per heavy atom. The highest BCUT2D eigenvalue weighted by atomic mass is 32.2. The maximum atomic E-state index is 13.2. The molecule has 1 fully saturated rings. The van der Waals surface area contributed by atoms with E-state index in [0.717, 1.165) is 11.3 Å². The van der Waals surface area contributed by atoms with E-state index in [1.54, 1.807) is 58.4 Å². The molecule has 2 aromatic carbocycles. The zero-order valence-corrected chi connectivity index (χ0v) is 16.7. The van der Waals surface area contributed by atoms with Gasteiger partial charge in [0, 0.05) is 30.0 Å². The van der Waals surface area contributed by atoms with E-state index in [4.69, 9.17) is 18.9 Å². The van der Waals surface area contributed by atoms with Gasteiger partial charge in [-0.15, -0.1) is 11.8 Å². The standard InChI is InChI=1S/C20H23NO5S/c1-23-15-7-13(8-16(11-15)24-2)19(22)21-5-6-27-20(21)14-9-17(25-3)12-18(10-14)26-4/h7-12,20H,5-6H2,1-4H3. The Morgan fingerprint density at radius 3 is 1.81 bits per heavy atom. The number of nitrogens with zero attached hydrogens (tertiary/aromatic N) is 1. The molecule has 0 spiro atoms. The SMILES string of the molecule is COc1cc(OC)cc(C(=O)N2CCSC2c2cc(OC)cc(OC)c2)c1. The van der Waals surface area contributed by atoms with Crippen molar-refractivity contribution in [1.82, 2.24) is 4.90 Å². The molecule has 7 heteroatoms. The van der Waals surface area contributed by atoms with Crippen LogP contribution in [-0.4, -0.2) is 51.5 Å². The lowest BCUT2D eigenvalue weighted by molar-refractivity contribution is 0.0759. The molecule has 1 amide bonds. The summed E-state index contributed by atoms with van der Waals surface area (Å²) in [4.78, 5) is 15.1. The zero-order valence-electron chi connectivity index (χ0n) is 15.9. The Balaban J connectivity index is 1.94. The fraction of sp³-hybridized carbons (Fsp3) is 0.350. The molecule has 0 aromatic heterocycles. The molecule has 1 aliphatic heterocycles. The van der Waals surface area contributed by atoms with E-state index in [1.165, 1.54) is 0 Å². The molecule has 144 valence electrons. The van der Waals surface area contributed by atoms with Gasteiger partial charge in [0.1, 0.15) is 28.4 Å². The van der Waals surface area contributed by atoms with E-state index in [1.807, 2.05) is 23.1 Å². The van der Waals surface area contributed by atoms with E-state index in [-0.39, 0.29) is 11.3 Å². The first-order valence-electron chi connectivity index (χ1n) is 8.48. The van der Waals surface area contributed by atoms with Crippen LogP contribution in [0.15, 0.2) is 36.4 Å². The van der Waals surface area contributed by atoms with Crippen molar-refractivity contribution in [1.29, 1.82) is 0 Å². The second-order valence-corrected chi connectivity index (χ2v) is 7.16. The minimum absolute atomic E-state index is 0.0658. The first kappa shape index (κ1) is 19.2. The average molecular weight is 389 g/mol. The van der Waals surface area contributed by atoms with Crippen LogP contribution in [0.1, 0.15) is 21.3 Å². The fourth-order valence-corrected chi connectivity index (χ4v) is 4.26. The highest BCUT2D eigenvalue weighted by Crippen LogP contribution is 2.41. The summed E-state index contributed by atoms with van der Waals surface area (Å²) in [6, 6.07) is 10.9. The van der Waals surface area contributed by atoms with Crippen molar-refractivity contribution in [2.45, 2.75) is 5.37 Å². The van der Waals surface area contributed by atoms with Crippen LogP contribution in [0.25, 0.3) is 0 Å².